The minimum absolute atomic E-state index is 0.106. The molecule has 25 heavy (non-hydrogen) atoms. The summed E-state index contributed by atoms with van der Waals surface area (Å²) in [6.07, 6.45) is 5.55. The van der Waals surface area contributed by atoms with Gasteiger partial charge in [-0.3, -0.25) is 9.69 Å². The first-order valence-electron chi connectivity index (χ1n) is 9.55. The summed E-state index contributed by atoms with van der Waals surface area (Å²) in [5.41, 5.74) is 7.79. The quantitative estimate of drug-likeness (QED) is 0.871. The summed E-state index contributed by atoms with van der Waals surface area (Å²) in [7, 11) is 0. The maximum absolute atomic E-state index is 11.3. The number of nitrogens with zero attached hydrogens (tertiary/aromatic N) is 2. The number of hydrogen-bond acceptors (Lipinski definition) is 3. The predicted octanol–water partition coefficient (Wildman–Crippen LogP) is 3.45. The van der Waals surface area contributed by atoms with Gasteiger partial charge in [-0.15, -0.1) is 0 Å². The van der Waals surface area contributed by atoms with Crippen LogP contribution < -0.4 is 10.6 Å². The molecule has 4 nitrogen and oxygen atoms in total. The second-order valence-corrected chi connectivity index (χ2v) is 8.08. The third-order valence-electron chi connectivity index (χ3n) is 6.00. The Labute approximate surface area is 156 Å². The number of anilines is 1. The molecule has 1 heterocycles. The molecular weight excluding hydrogens is 334 g/mol. The molecule has 138 valence electrons. The highest BCUT2D eigenvalue weighted by molar-refractivity contribution is 6.31. The first kappa shape index (κ1) is 18.5. The van der Waals surface area contributed by atoms with Gasteiger partial charge in [-0.25, -0.2) is 0 Å². The smallest absolute Gasteiger partial charge is 0.220 e. The maximum Gasteiger partial charge on any atom is 0.220 e. The molecule has 1 aromatic carbocycles. The molecule has 1 saturated carbocycles. The fourth-order valence-electron chi connectivity index (χ4n) is 4.11. The van der Waals surface area contributed by atoms with Crippen molar-refractivity contribution in [2.24, 2.45) is 17.6 Å². The van der Waals surface area contributed by atoms with Gasteiger partial charge in [0.15, 0.2) is 0 Å². The van der Waals surface area contributed by atoms with E-state index in [-0.39, 0.29) is 11.8 Å². The Balaban J connectivity index is 1.39. The molecule has 0 bridgehead atoms. The molecule has 0 spiro atoms. The van der Waals surface area contributed by atoms with Gasteiger partial charge in [-0.2, -0.15) is 0 Å². The second-order valence-electron chi connectivity index (χ2n) is 7.67. The van der Waals surface area contributed by atoms with Crippen LogP contribution in [0.3, 0.4) is 0 Å². The van der Waals surface area contributed by atoms with E-state index < -0.39 is 0 Å². The largest absolute Gasteiger partial charge is 0.369 e. The summed E-state index contributed by atoms with van der Waals surface area (Å²) in [6, 6.07) is 6.37. The van der Waals surface area contributed by atoms with Gasteiger partial charge in [0, 0.05) is 42.8 Å². The van der Waals surface area contributed by atoms with E-state index in [1.165, 1.54) is 18.7 Å². The van der Waals surface area contributed by atoms with E-state index >= 15 is 0 Å². The van der Waals surface area contributed by atoms with Gasteiger partial charge in [0.1, 0.15) is 0 Å². The Bertz CT molecular complexity index is 591. The molecule has 0 unspecified atom stereocenters. The van der Waals surface area contributed by atoms with E-state index in [0.29, 0.717) is 0 Å². The summed E-state index contributed by atoms with van der Waals surface area (Å²) in [4.78, 5) is 16.3. The molecule has 0 atom stereocenters. The molecule has 1 saturated heterocycles. The number of primary amides is 1. The molecule has 0 aromatic heterocycles. The van der Waals surface area contributed by atoms with E-state index in [0.717, 1.165) is 68.4 Å². The molecule has 1 aromatic rings. The topological polar surface area (TPSA) is 49.6 Å². The maximum atomic E-state index is 11.3. The van der Waals surface area contributed by atoms with E-state index in [4.69, 9.17) is 17.3 Å². The lowest BCUT2D eigenvalue weighted by molar-refractivity contribution is -0.123. The zero-order chi connectivity index (χ0) is 17.8. The van der Waals surface area contributed by atoms with Crippen LogP contribution in [0.5, 0.6) is 0 Å². The van der Waals surface area contributed by atoms with Crippen LogP contribution in [0.4, 0.5) is 5.69 Å². The number of halogens is 1. The summed E-state index contributed by atoms with van der Waals surface area (Å²) < 4.78 is 0. The Morgan fingerprint density at radius 2 is 1.84 bits per heavy atom. The van der Waals surface area contributed by atoms with Crippen LogP contribution in [0.1, 0.15) is 37.7 Å². The minimum atomic E-state index is -0.106. The first-order chi connectivity index (χ1) is 12.0. The van der Waals surface area contributed by atoms with Gasteiger partial charge in [0.2, 0.25) is 5.91 Å². The molecule has 0 radical (unpaired) electrons. The molecule has 2 fully saturated rings. The predicted molar refractivity (Wildman–Crippen MR) is 104 cm³/mol. The number of carbonyl (C=O) groups is 1. The van der Waals surface area contributed by atoms with Crippen molar-refractivity contribution >= 4 is 23.2 Å². The summed E-state index contributed by atoms with van der Waals surface area (Å²) in [5, 5.41) is 0.853. The lowest BCUT2D eigenvalue weighted by Gasteiger charge is -2.37. The van der Waals surface area contributed by atoms with E-state index in [1.54, 1.807) is 0 Å². The van der Waals surface area contributed by atoms with Crippen molar-refractivity contribution < 1.29 is 4.79 Å². The zero-order valence-electron chi connectivity index (χ0n) is 15.2. The number of aryl methyl sites for hydroxylation is 1. The highest BCUT2D eigenvalue weighted by atomic mass is 35.5. The van der Waals surface area contributed by atoms with Crippen LogP contribution in [0, 0.1) is 18.8 Å². The summed E-state index contributed by atoms with van der Waals surface area (Å²) in [6.45, 7) is 7.57. The van der Waals surface area contributed by atoms with Crippen molar-refractivity contribution in [2.45, 2.75) is 39.0 Å². The number of piperazine rings is 1. The molecule has 1 amide bonds. The third kappa shape index (κ3) is 4.89. The number of rotatable bonds is 5. The summed E-state index contributed by atoms with van der Waals surface area (Å²) in [5.74, 6) is 0.788. The lowest BCUT2D eigenvalue weighted by Crippen LogP contribution is -2.47. The normalized spacial score (nSPS) is 25.1. The van der Waals surface area contributed by atoms with Gasteiger partial charge in [0.25, 0.3) is 0 Å². The molecule has 2 N–H and O–H groups in total. The monoisotopic (exact) mass is 363 g/mol. The zero-order valence-corrected chi connectivity index (χ0v) is 16.0. The van der Waals surface area contributed by atoms with Gasteiger partial charge in [-0.05, 0) is 69.2 Å². The van der Waals surface area contributed by atoms with Gasteiger partial charge in [0.05, 0.1) is 0 Å². The lowest BCUT2D eigenvalue weighted by atomic mass is 9.80. The molecular formula is C20H30ClN3O. The number of carbonyl (C=O) groups excluding carboxylic acids is 1. The van der Waals surface area contributed by atoms with E-state index in [1.807, 2.05) is 6.92 Å². The van der Waals surface area contributed by atoms with E-state index in [9.17, 15) is 4.79 Å². The average molecular weight is 364 g/mol. The minimum Gasteiger partial charge on any atom is -0.369 e. The number of amides is 1. The van der Waals surface area contributed by atoms with Gasteiger partial charge >= 0.3 is 0 Å². The molecule has 3 rings (SSSR count). The Morgan fingerprint density at radius 1 is 1.16 bits per heavy atom. The highest BCUT2D eigenvalue weighted by Crippen LogP contribution is 2.31. The molecule has 1 aliphatic carbocycles. The van der Waals surface area contributed by atoms with Crippen LogP contribution in [0.25, 0.3) is 0 Å². The summed E-state index contributed by atoms with van der Waals surface area (Å²) >= 11 is 6.26. The molecule has 1 aliphatic heterocycles. The van der Waals surface area contributed by atoms with Crippen molar-refractivity contribution in [3.05, 3.63) is 28.8 Å². The van der Waals surface area contributed by atoms with Crippen molar-refractivity contribution in [2.75, 3.05) is 37.6 Å². The van der Waals surface area contributed by atoms with Crippen molar-refractivity contribution in [1.29, 1.82) is 0 Å². The Morgan fingerprint density at radius 3 is 2.44 bits per heavy atom. The van der Waals surface area contributed by atoms with Crippen LogP contribution in [-0.2, 0) is 4.79 Å². The Kier molecular flexibility index (Phi) is 6.24. The molecule has 2 aliphatic rings. The standard InChI is InChI=1S/C20H30ClN3O/c1-15-2-7-18(14-19(15)21)24-12-10-23(11-13-24)9-8-16-3-5-17(6-4-16)20(22)25/h2,7,14,16-17H,3-6,8-13H2,1H3,(H2,22,25). The highest BCUT2D eigenvalue weighted by Gasteiger charge is 2.25. The fourth-order valence-corrected chi connectivity index (χ4v) is 4.28. The van der Waals surface area contributed by atoms with Gasteiger partial charge in [-0.1, -0.05) is 17.7 Å². The third-order valence-corrected chi connectivity index (χ3v) is 6.40. The van der Waals surface area contributed by atoms with Gasteiger partial charge < -0.3 is 10.6 Å². The second kappa shape index (κ2) is 8.41. The molecule has 5 heteroatoms. The van der Waals surface area contributed by atoms with Crippen molar-refractivity contribution in [3.63, 3.8) is 0 Å². The van der Waals surface area contributed by atoms with E-state index in [2.05, 4.69) is 28.0 Å². The fraction of sp³-hybridized carbons (Fsp3) is 0.650. The number of benzene rings is 1. The Hall–Kier alpha value is -1.26. The first-order valence-corrected chi connectivity index (χ1v) is 9.93. The average Bonchev–Trinajstić information content (AvgIpc) is 2.63. The number of hydrogen-bond donors (Lipinski definition) is 1. The number of nitrogens with two attached hydrogens (primary N) is 1. The van der Waals surface area contributed by atoms with Crippen LogP contribution in [0.2, 0.25) is 5.02 Å². The van der Waals surface area contributed by atoms with Crippen molar-refractivity contribution in [3.8, 4) is 0 Å². The van der Waals surface area contributed by atoms with Crippen LogP contribution in [0.15, 0.2) is 18.2 Å². The SMILES string of the molecule is Cc1ccc(N2CCN(CCC3CCC(C(N)=O)CC3)CC2)cc1Cl. The van der Waals surface area contributed by atoms with Crippen molar-refractivity contribution in [1.82, 2.24) is 4.90 Å². The van der Waals surface area contributed by atoms with Crippen LogP contribution in [-0.4, -0.2) is 43.5 Å². The van der Waals surface area contributed by atoms with Crippen LogP contribution >= 0.6 is 11.6 Å².